The predicted octanol–water partition coefficient (Wildman–Crippen LogP) is 3.09. The Labute approximate surface area is 158 Å². The van der Waals surface area contributed by atoms with E-state index in [0.717, 1.165) is 25.9 Å². The number of rotatable bonds is 3. The number of hydrogen-bond donors (Lipinski definition) is 1. The van der Waals surface area contributed by atoms with Crippen molar-refractivity contribution >= 4 is 17.5 Å². The number of nitrogens with one attached hydrogen (secondary N) is 1. The molecule has 6 nitrogen and oxygen atoms in total. The zero-order valence-electron chi connectivity index (χ0n) is 15.2. The van der Waals surface area contributed by atoms with Crippen molar-refractivity contribution in [2.75, 3.05) is 18.4 Å². The molecule has 2 aromatic rings. The zero-order chi connectivity index (χ0) is 18.8. The van der Waals surface area contributed by atoms with Gasteiger partial charge in [-0.25, -0.2) is 0 Å². The highest BCUT2D eigenvalue weighted by molar-refractivity contribution is 5.98. The van der Waals surface area contributed by atoms with Gasteiger partial charge < -0.3 is 19.7 Å². The molecular formula is C21H22N2O4. The Morgan fingerprint density at radius 1 is 1.00 bits per heavy atom. The molecule has 140 valence electrons. The van der Waals surface area contributed by atoms with Gasteiger partial charge in [0.1, 0.15) is 6.10 Å². The maximum Gasteiger partial charge on any atom is 0.269 e. The Bertz CT molecular complexity index is 861. The average Bonchev–Trinajstić information content (AvgIpc) is 3.21. The lowest BCUT2D eigenvalue weighted by molar-refractivity contribution is -0.128. The summed E-state index contributed by atoms with van der Waals surface area (Å²) in [7, 11) is 0. The normalized spacial score (nSPS) is 21.0. The van der Waals surface area contributed by atoms with E-state index in [-0.39, 0.29) is 11.8 Å². The maximum atomic E-state index is 12.7. The van der Waals surface area contributed by atoms with Gasteiger partial charge in [-0.2, -0.15) is 0 Å². The molecule has 2 aliphatic rings. The molecular weight excluding hydrogens is 344 g/mol. The predicted molar refractivity (Wildman–Crippen MR) is 101 cm³/mol. The number of ether oxygens (including phenoxy) is 2. The van der Waals surface area contributed by atoms with Crippen LogP contribution < -0.4 is 14.8 Å². The standard InChI is InChI=1S/C21H22N2O4/c1-14-19(27-18-10-3-2-9-17(18)26-14)20(24)22-16-8-6-7-15(13-16)21(25)23-11-4-5-12-23/h2-3,6-10,13-14,19H,4-5,11-12H2,1H3,(H,22,24). The number of benzene rings is 2. The number of carbonyl (C=O) groups excluding carboxylic acids is 2. The molecule has 0 spiro atoms. The van der Waals surface area contributed by atoms with Crippen LogP contribution in [-0.4, -0.2) is 42.0 Å². The summed E-state index contributed by atoms with van der Waals surface area (Å²) in [4.78, 5) is 27.1. The number of fused-ring (bicyclic) bond motifs is 1. The molecule has 0 aromatic heterocycles. The van der Waals surface area contributed by atoms with Crippen LogP contribution in [0, 0.1) is 0 Å². The Morgan fingerprint density at radius 2 is 1.70 bits per heavy atom. The molecule has 0 aliphatic carbocycles. The first kappa shape index (κ1) is 17.4. The minimum atomic E-state index is -0.766. The van der Waals surface area contributed by atoms with Gasteiger partial charge >= 0.3 is 0 Å². The van der Waals surface area contributed by atoms with Crippen LogP contribution in [-0.2, 0) is 4.79 Å². The summed E-state index contributed by atoms with van der Waals surface area (Å²) in [5, 5.41) is 2.84. The Morgan fingerprint density at radius 3 is 2.44 bits per heavy atom. The molecule has 6 heteroatoms. The lowest BCUT2D eigenvalue weighted by atomic mass is 10.1. The fraction of sp³-hybridized carbons (Fsp3) is 0.333. The lowest BCUT2D eigenvalue weighted by Crippen LogP contribution is -2.46. The minimum Gasteiger partial charge on any atom is -0.482 e. The molecule has 27 heavy (non-hydrogen) atoms. The molecule has 0 saturated carbocycles. The Hall–Kier alpha value is -3.02. The van der Waals surface area contributed by atoms with Crippen molar-refractivity contribution in [2.45, 2.75) is 32.0 Å². The molecule has 2 heterocycles. The molecule has 1 saturated heterocycles. The maximum absolute atomic E-state index is 12.7. The largest absolute Gasteiger partial charge is 0.482 e. The number of amides is 2. The highest BCUT2D eigenvalue weighted by atomic mass is 16.6. The molecule has 4 rings (SSSR count). The van der Waals surface area contributed by atoms with Crippen molar-refractivity contribution in [3.8, 4) is 11.5 Å². The Balaban J connectivity index is 1.47. The first-order valence-corrected chi connectivity index (χ1v) is 9.24. The number of hydrogen-bond acceptors (Lipinski definition) is 4. The van der Waals surface area contributed by atoms with E-state index in [0.29, 0.717) is 22.7 Å². The number of anilines is 1. The fourth-order valence-electron chi connectivity index (χ4n) is 3.45. The molecule has 2 unspecified atom stereocenters. The third-order valence-electron chi connectivity index (χ3n) is 4.87. The van der Waals surface area contributed by atoms with E-state index >= 15 is 0 Å². The summed E-state index contributed by atoms with van der Waals surface area (Å²) >= 11 is 0. The van der Waals surface area contributed by atoms with Crippen molar-refractivity contribution in [3.63, 3.8) is 0 Å². The third kappa shape index (κ3) is 3.60. The first-order chi connectivity index (χ1) is 13.1. The third-order valence-corrected chi connectivity index (χ3v) is 4.87. The summed E-state index contributed by atoms with van der Waals surface area (Å²) in [6.07, 6.45) is 0.897. The molecule has 2 atom stereocenters. The van der Waals surface area contributed by atoms with E-state index in [1.165, 1.54) is 0 Å². The lowest BCUT2D eigenvalue weighted by Gasteiger charge is -2.31. The molecule has 2 amide bonds. The van der Waals surface area contributed by atoms with Gasteiger partial charge in [0.05, 0.1) is 0 Å². The summed E-state index contributed by atoms with van der Waals surface area (Å²) in [6, 6.07) is 14.3. The second kappa shape index (κ2) is 7.31. The molecule has 2 aliphatic heterocycles. The smallest absolute Gasteiger partial charge is 0.269 e. The van der Waals surface area contributed by atoms with Gasteiger partial charge in [-0.15, -0.1) is 0 Å². The highest BCUT2D eigenvalue weighted by Crippen LogP contribution is 2.33. The van der Waals surface area contributed by atoms with Crippen molar-refractivity contribution in [2.24, 2.45) is 0 Å². The van der Waals surface area contributed by atoms with Crippen LogP contribution in [0.1, 0.15) is 30.1 Å². The fourth-order valence-corrected chi connectivity index (χ4v) is 3.45. The van der Waals surface area contributed by atoms with Gasteiger partial charge in [-0.1, -0.05) is 18.2 Å². The highest BCUT2D eigenvalue weighted by Gasteiger charge is 2.34. The quantitative estimate of drug-likeness (QED) is 0.906. The molecule has 1 fully saturated rings. The van der Waals surface area contributed by atoms with E-state index in [2.05, 4.69) is 5.32 Å². The van der Waals surface area contributed by atoms with Crippen LogP contribution in [0.2, 0.25) is 0 Å². The van der Waals surface area contributed by atoms with E-state index in [1.54, 1.807) is 37.3 Å². The first-order valence-electron chi connectivity index (χ1n) is 9.24. The van der Waals surface area contributed by atoms with Crippen molar-refractivity contribution in [1.29, 1.82) is 0 Å². The number of carbonyl (C=O) groups is 2. The summed E-state index contributed by atoms with van der Waals surface area (Å²) in [5.41, 5.74) is 1.15. The number of para-hydroxylation sites is 2. The second-order valence-corrected chi connectivity index (χ2v) is 6.88. The van der Waals surface area contributed by atoms with E-state index < -0.39 is 12.2 Å². The van der Waals surface area contributed by atoms with E-state index in [9.17, 15) is 9.59 Å². The number of likely N-dealkylation sites (tertiary alicyclic amines) is 1. The van der Waals surface area contributed by atoms with Gasteiger partial charge in [0.2, 0.25) is 6.10 Å². The van der Waals surface area contributed by atoms with Crippen LogP contribution in [0.25, 0.3) is 0 Å². The van der Waals surface area contributed by atoms with Gasteiger partial charge in [-0.3, -0.25) is 9.59 Å². The van der Waals surface area contributed by atoms with Gasteiger partial charge in [0, 0.05) is 24.3 Å². The van der Waals surface area contributed by atoms with Crippen molar-refractivity contribution in [3.05, 3.63) is 54.1 Å². The minimum absolute atomic E-state index is 0.00291. The van der Waals surface area contributed by atoms with Gasteiger partial charge in [0.25, 0.3) is 11.8 Å². The molecule has 0 radical (unpaired) electrons. The molecule has 2 aromatic carbocycles. The van der Waals surface area contributed by atoms with Gasteiger partial charge in [0.15, 0.2) is 11.5 Å². The summed E-state index contributed by atoms with van der Waals surface area (Å²) < 4.78 is 11.6. The molecule has 1 N–H and O–H groups in total. The van der Waals surface area contributed by atoms with Gasteiger partial charge in [-0.05, 0) is 50.1 Å². The monoisotopic (exact) mass is 366 g/mol. The SMILES string of the molecule is CC1Oc2ccccc2OC1C(=O)Nc1cccc(C(=O)N2CCCC2)c1. The second-order valence-electron chi connectivity index (χ2n) is 6.88. The van der Waals surface area contributed by atoms with Crippen LogP contribution in [0.5, 0.6) is 11.5 Å². The van der Waals surface area contributed by atoms with Crippen LogP contribution >= 0.6 is 0 Å². The summed E-state index contributed by atoms with van der Waals surface area (Å²) in [6.45, 7) is 3.38. The average molecular weight is 366 g/mol. The van der Waals surface area contributed by atoms with Crippen molar-refractivity contribution in [1.82, 2.24) is 4.90 Å². The topological polar surface area (TPSA) is 67.9 Å². The van der Waals surface area contributed by atoms with Crippen LogP contribution in [0.3, 0.4) is 0 Å². The summed E-state index contributed by atoms with van der Waals surface area (Å²) in [5.74, 6) is 0.881. The van der Waals surface area contributed by atoms with Crippen LogP contribution in [0.4, 0.5) is 5.69 Å². The van der Waals surface area contributed by atoms with E-state index in [4.69, 9.17) is 9.47 Å². The van der Waals surface area contributed by atoms with Crippen LogP contribution in [0.15, 0.2) is 48.5 Å². The van der Waals surface area contributed by atoms with Crippen molar-refractivity contribution < 1.29 is 19.1 Å². The Kier molecular flexibility index (Phi) is 4.71. The molecule has 0 bridgehead atoms. The number of nitrogens with zero attached hydrogens (tertiary/aromatic N) is 1. The zero-order valence-corrected chi connectivity index (χ0v) is 15.2. The van der Waals surface area contributed by atoms with E-state index in [1.807, 2.05) is 23.1 Å².